The van der Waals surface area contributed by atoms with Crippen molar-refractivity contribution >= 4 is 21.6 Å². The summed E-state index contributed by atoms with van der Waals surface area (Å²) >= 11 is 1.76. The number of fused-ring (bicyclic) bond motifs is 1. The molecule has 0 N–H and O–H groups in total. The largest absolute Gasteiger partial charge is 1.00 e. The van der Waals surface area contributed by atoms with E-state index < -0.39 is 0 Å². The molecule has 0 saturated heterocycles. The Labute approximate surface area is 153 Å². The van der Waals surface area contributed by atoms with Crippen LogP contribution in [-0.2, 0) is 6.54 Å². The summed E-state index contributed by atoms with van der Waals surface area (Å²) in [4.78, 5) is 4.71. The Balaban J connectivity index is 0.00000176. The van der Waals surface area contributed by atoms with Crippen molar-refractivity contribution in [2.75, 3.05) is 0 Å². The average Bonchev–Trinajstić information content (AvgIpc) is 2.96. The van der Waals surface area contributed by atoms with Crippen LogP contribution in [0.25, 0.3) is 20.8 Å². The maximum Gasteiger partial charge on any atom is 0.169 e. The topological polar surface area (TPSA) is 16.8 Å². The van der Waals surface area contributed by atoms with E-state index in [9.17, 15) is 0 Å². The first-order valence-corrected chi connectivity index (χ1v) is 8.53. The highest BCUT2D eigenvalue weighted by Crippen LogP contribution is 2.29. The molecule has 2 aromatic heterocycles. The summed E-state index contributed by atoms with van der Waals surface area (Å²) in [5.74, 6) is 0. The molecule has 0 radical (unpaired) electrons. The van der Waals surface area contributed by atoms with Gasteiger partial charge in [-0.3, -0.25) is 0 Å². The number of hydrogen-bond donors (Lipinski definition) is 0. The van der Waals surface area contributed by atoms with Crippen molar-refractivity contribution in [3.8, 4) is 10.6 Å². The predicted octanol–water partition coefficient (Wildman–Crippen LogP) is 1.84. The highest BCUT2D eigenvalue weighted by Gasteiger charge is 2.07. The molecule has 0 atom stereocenters. The maximum absolute atomic E-state index is 4.71. The van der Waals surface area contributed by atoms with Crippen LogP contribution >= 0.6 is 11.3 Å². The van der Waals surface area contributed by atoms with Crippen molar-refractivity contribution < 1.29 is 28.5 Å². The minimum Gasteiger partial charge on any atom is -1.00 e. The maximum atomic E-state index is 4.71. The van der Waals surface area contributed by atoms with E-state index in [1.807, 2.05) is 6.07 Å². The molecule has 0 aliphatic rings. The molecular weight excluding hydrogens is 403 g/mol. The van der Waals surface area contributed by atoms with Crippen molar-refractivity contribution in [3.05, 3.63) is 48.8 Å². The molecule has 3 rings (SSSR count). The van der Waals surface area contributed by atoms with E-state index in [4.69, 9.17) is 4.98 Å². The van der Waals surface area contributed by atoms with Gasteiger partial charge in [0.2, 0.25) is 0 Å². The number of rotatable bonds is 6. The van der Waals surface area contributed by atoms with Crippen LogP contribution in [0.5, 0.6) is 0 Å². The first-order chi connectivity index (χ1) is 10.4. The molecule has 3 aromatic rings. The number of benzene rings is 1. The van der Waals surface area contributed by atoms with Gasteiger partial charge in [-0.05, 0) is 18.6 Å². The molecule has 116 valence electrons. The number of halogens is 1. The number of para-hydroxylation sites is 1. The first kappa shape index (κ1) is 17.3. The Hall–Kier alpha value is -1.01. The number of aryl methyl sites for hydroxylation is 1. The van der Waals surface area contributed by atoms with Crippen LogP contribution in [0.4, 0.5) is 0 Å². The number of aromatic nitrogens is 2. The smallest absolute Gasteiger partial charge is 0.169 e. The van der Waals surface area contributed by atoms with Crippen LogP contribution in [0.15, 0.2) is 48.8 Å². The third kappa shape index (κ3) is 4.26. The van der Waals surface area contributed by atoms with Gasteiger partial charge >= 0.3 is 0 Å². The molecule has 2 nitrogen and oxygen atoms in total. The van der Waals surface area contributed by atoms with Gasteiger partial charge in [0.05, 0.1) is 10.2 Å². The summed E-state index contributed by atoms with van der Waals surface area (Å²) in [5, 5.41) is 1.11. The lowest BCUT2D eigenvalue weighted by atomic mass is 10.2. The van der Waals surface area contributed by atoms with E-state index in [2.05, 4.69) is 54.2 Å². The second kappa shape index (κ2) is 8.58. The minimum atomic E-state index is 0. The van der Waals surface area contributed by atoms with Crippen molar-refractivity contribution in [2.24, 2.45) is 0 Å². The monoisotopic (exact) mass is 424 g/mol. The number of nitrogens with zero attached hydrogens (tertiary/aromatic N) is 2. The molecule has 1 aromatic carbocycles. The van der Waals surface area contributed by atoms with Crippen LogP contribution in [0, 0.1) is 0 Å². The highest BCUT2D eigenvalue weighted by molar-refractivity contribution is 7.21. The zero-order chi connectivity index (χ0) is 14.5. The van der Waals surface area contributed by atoms with Crippen LogP contribution < -0.4 is 28.5 Å². The van der Waals surface area contributed by atoms with E-state index >= 15 is 0 Å². The van der Waals surface area contributed by atoms with Crippen LogP contribution in [0.1, 0.15) is 32.6 Å². The fourth-order valence-electron chi connectivity index (χ4n) is 2.47. The lowest BCUT2D eigenvalue weighted by molar-refractivity contribution is -0.697. The molecular formula is C18H21IN2S. The number of hydrogen-bond acceptors (Lipinski definition) is 2. The summed E-state index contributed by atoms with van der Waals surface area (Å²) < 4.78 is 3.52. The Morgan fingerprint density at radius 3 is 2.50 bits per heavy atom. The lowest BCUT2D eigenvalue weighted by Crippen LogP contribution is -3.00. The summed E-state index contributed by atoms with van der Waals surface area (Å²) in [5.41, 5.74) is 2.30. The Kier molecular flexibility index (Phi) is 6.76. The Bertz CT molecular complexity index is 673. The summed E-state index contributed by atoms with van der Waals surface area (Å²) in [7, 11) is 0. The van der Waals surface area contributed by atoms with Gasteiger partial charge in [0.1, 0.15) is 11.6 Å². The van der Waals surface area contributed by atoms with Gasteiger partial charge in [-0.25, -0.2) is 9.55 Å². The summed E-state index contributed by atoms with van der Waals surface area (Å²) in [6, 6.07) is 12.7. The first-order valence-electron chi connectivity index (χ1n) is 7.72. The molecule has 0 amide bonds. The van der Waals surface area contributed by atoms with Crippen molar-refractivity contribution in [1.29, 1.82) is 0 Å². The summed E-state index contributed by atoms with van der Waals surface area (Å²) in [6.07, 6.45) is 9.56. The zero-order valence-electron chi connectivity index (χ0n) is 12.8. The number of thiazole rings is 1. The average molecular weight is 424 g/mol. The zero-order valence-corrected chi connectivity index (χ0v) is 15.8. The molecule has 0 aliphatic heterocycles. The van der Waals surface area contributed by atoms with E-state index in [0.717, 1.165) is 17.1 Å². The molecule has 0 spiro atoms. The van der Waals surface area contributed by atoms with Crippen molar-refractivity contribution in [1.82, 2.24) is 4.98 Å². The Morgan fingerprint density at radius 2 is 1.77 bits per heavy atom. The van der Waals surface area contributed by atoms with Crippen LogP contribution in [-0.4, -0.2) is 4.98 Å². The van der Waals surface area contributed by atoms with E-state index in [1.165, 1.54) is 35.9 Å². The molecule has 0 unspecified atom stereocenters. The molecule has 0 bridgehead atoms. The van der Waals surface area contributed by atoms with Crippen molar-refractivity contribution in [3.63, 3.8) is 0 Å². The fraction of sp³-hybridized carbons (Fsp3) is 0.333. The van der Waals surface area contributed by atoms with Gasteiger partial charge in [0.25, 0.3) is 0 Å². The van der Waals surface area contributed by atoms with Gasteiger partial charge < -0.3 is 24.0 Å². The van der Waals surface area contributed by atoms with E-state index in [-0.39, 0.29) is 24.0 Å². The van der Waals surface area contributed by atoms with Gasteiger partial charge in [0.15, 0.2) is 12.4 Å². The quantitative estimate of drug-likeness (QED) is 0.335. The molecule has 0 fully saturated rings. The second-order valence-electron chi connectivity index (χ2n) is 5.37. The van der Waals surface area contributed by atoms with E-state index in [1.54, 1.807) is 11.3 Å². The summed E-state index contributed by atoms with van der Waals surface area (Å²) in [6.45, 7) is 3.36. The molecule has 0 saturated carbocycles. The number of pyridine rings is 1. The van der Waals surface area contributed by atoms with Crippen LogP contribution in [0.3, 0.4) is 0 Å². The van der Waals surface area contributed by atoms with Gasteiger partial charge in [-0.15, -0.1) is 11.3 Å². The third-order valence-electron chi connectivity index (χ3n) is 3.70. The Morgan fingerprint density at radius 1 is 1.00 bits per heavy atom. The minimum absolute atomic E-state index is 0. The highest BCUT2D eigenvalue weighted by atomic mass is 127. The SMILES string of the molecule is CCCCCC[n+]1ccc(-c2nc3ccccc3s2)cc1.[I-]. The van der Waals surface area contributed by atoms with Gasteiger partial charge in [-0.1, -0.05) is 31.9 Å². The second-order valence-corrected chi connectivity index (χ2v) is 6.40. The van der Waals surface area contributed by atoms with Gasteiger partial charge in [-0.2, -0.15) is 0 Å². The molecule has 4 heteroatoms. The van der Waals surface area contributed by atoms with E-state index in [0.29, 0.717) is 0 Å². The number of unbranched alkanes of at least 4 members (excludes halogenated alkanes) is 3. The van der Waals surface area contributed by atoms with Gasteiger partial charge in [0, 0.05) is 24.1 Å². The molecule has 2 heterocycles. The lowest BCUT2D eigenvalue weighted by Gasteiger charge is -1.98. The predicted molar refractivity (Wildman–Crippen MR) is 89.4 cm³/mol. The van der Waals surface area contributed by atoms with Crippen LogP contribution in [0.2, 0.25) is 0 Å². The molecule has 0 aliphatic carbocycles. The normalized spacial score (nSPS) is 10.6. The third-order valence-corrected chi connectivity index (χ3v) is 4.79. The molecule has 22 heavy (non-hydrogen) atoms. The standard InChI is InChI=1S/C18H21N2S.HI/c1-2-3-4-7-12-20-13-10-15(11-14-20)18-19-16-8-5-6-9-17(16)21-18;/h5-6,8-11,13-14H,2-4,7,12H2,1H3;1H/q+1;/p-1. The fourth-order valence-corrected chi connectivity index (χ4v) is 3.44. The van der Waals surface area contributed by atoms with Crippen molar-refractivity contribution in [2.45, 2.75) is 39.2 Å².